The Morgan fingerprint density at radius 3 is 2.35 bits per heavy atom. The lowest BCUT2D eigenvalue weighted by Crippen LogP contribution is -2.49. The number of rotatable bonds is 5. The van der Waals surface area contributed by atoms with Gasteiger partial charge in [-0.05, 0) is 54.9 Å². The second kappa shape index (κ2) is 5.19. The Hall–Kier alpha value is -0.870. The van der Waals surface area contributed by atoms with E-state index in [4.69, 9.17) is 0 Å². The normalized spacial score (nSPS) is 14.6. The van der Waals surface area contributed by atoms with E-state index in [1.165, 1.54) is 5.69 Å². The molecule has 1 atom stereocenters. The predicted octanol–water partition coefficient (Wildman–Crippen LogP) is 2.06. The molecule has 1 aromatic rings. The molecule has 4 nitrogen and oxygen atoms in total. The molecule has 98 valence electrons. The Morgan fingerprint density at radius 1 is 1.35 bits per heavy atom. The standard InChI is InChI=1S/C13H26N4/c1-10(2)17-11(8-9-15-17)12(14-5)13(3,4)16(6)7/h8-10,12,14H,1-7H3. The van der Waals surface area contributed by atoms with Crippen molar-refractivity contribution in [1.82, 2.24) is 20.0 Å². The van der Waals surface area contributed by atoms with E-state index in [1.807, 2.05) is 13.2 Å². The molecule has 17 heavy (non-hydrogen) atoms. The van der Waals surface area contributed by atoms with Crippen LogP contribution in [0.4, 0.5) is 0 Å². The summed E-state index contributed by atoms with van der Waals surface area (Å²) in [6.07, 6.45) is 1.88. The summed E-state index contributed by atoms with van der Waals surface area (Å²) >= 11 is 0. The third-order valence-corrected chi connectivity index (χ3v) is 3.63. The number of nitrogens with zero attached hydrogens (tertiary/aromatic N) is 3. The van der Waals surface area contributed by atoms with Crippen LogP contribution in [0.5, 0.6) is 0 Å². The van der Waals surface area contributed by atoms with Crippen molar-refractivity contribution in [3.05, 3.63) is 18.0 Å². The van der Waals surface area contributed by atoms with E-state index < -0.39 is 0 Å². The number of hydrogen-bond donors (Lipinski definition) is 1. The highest BCUT2D eigenvalue weighted by Gasteiger charge is 2.34. The van der Waals surface area contributed by atoms with Gasteiger partial charge in [-0.2, -0.15) is 5.10 Å². The summed E-state index contributed by atoms with van der Waals surface area (Å²) in [5, 5.41) is 7.83. The molecule has 1 N–H and O–H groups in total. The first-order chi connectivity index (χ1) is 7.82. The fourth-order valence-corrected chi connectivity index (χ4v) is 2.11. The molecule has 0 spiro atoms. The summed E-state index contributed by atoms with van der Waals surface area (Å²) in [5.41, 5.74) is 1.27. The third-order valence-electron chi connectivity index (χ3n) is 3.63. The van der Waals surface area contributed by atoms with Gasteiger partial charge in [0.1, 0.15) is 0 Å². The highest BCUT2D eigenvalue weighted by molar-refractivity contribution is 5.14. The average Bonchev–Trinajstić information content (AvgIpc) is 2.67. The molecule has 1 rings (SSSR count). The van der Waals surface area contributed by atoms with Crippen molar-refractivity contribution in [3.8, 4) is 0 Å². The van der Waals surface area contributed by atoms with Crippen molar-refractivity contribution in [2.45, 2.75) is 45.3 Å². The van der Waals surface area contributed by atoms with Crippen LogP contribution in [0.3, 0.4) is 0 Å². The lowest BCUT2D eigenvalue weighted by molar-refractivity contribution is 0.136. The maximum Gasteiger partial charge on any atom is 0.0671 e. The van der Waals surface area contributed by atoms with Crippen molar-refractivity contribution in [2.24, 2.45) is 0 Å². The molecule has 0 aliphatic heterocycles. The van der Waals surface area contributed by atoms with Gasteiger partial charge < -0.3 is 10.2 Å². The highest BCUT2D eigenvalue weighted by Crippen LogP contribution is 2.30. The Labute approximate surface area is 105 Å². The number of hydrogen-bond acceptors (Lipinski definition) is 3. The van der Waals surface area contributed by atoms with Crippen LogP contribution in [0.25, 0.3) is 0 Å². The summed E-state index contributed by atoms with van der Waals surface area (Å²) in [6.45, 7) is 8.80. The number of nitrogens with one attached hydrogen (secondary N) is 1. The van der Waals surface area contributed by atoms with E-state index in [-0.39, 0.29) is 11.6 Å². The summed E-state index contributed by atoms with van der Waals surface area (Å²) in [5.74, 6) is 0. The highest BCUT2D eigenvalue weighted by atomic mass is 15.3. The third kappa shape index (κ3) is 2.69. The van der Waals surface area contributed by atoms with Gasteiger partial charge >= 0.3 is 0 Å². The quantitative estimate of drug-likeness (QED) is 0.852. The van der Waals surface area contributed by atoms with Gasteiger partial charge in [0.05, 0.1) is 11.7 Å². The summed E-state index contributed by atoms with van der Waals surface area (Å²) in [4.78, 5) is 2.24. The Balaban J connectivity index is 3.14. The van der Waals surface area contributed by atoms with Crippen LogP contribution >= 0.6 is 0 Å². The molecule has 0 saturated carbocycles. The van der Waals surface area contributed by atoms with E-state index in [9.17, 15) is 0 Å². The molecular formula is C13H26N4. The van der Waals surface area contributed by atoms with Crippen LogP contribution in [0.15, 0.2) is 12.3 Å². The molecule has 0 fully saturated rings. The zero-order chi connectivity index (χ0) is 13.2. The van der Waals surface area contributed by atoms with Crippen molar-refractivity contribution in [1.29, 1.82) is 0 Å². The molecule has 0 saturated heterocycles. The molecule has 4 heteroatoms. The molecule has 0 bridgehead atoms. The van der Waals surface area contributed by atoms with Crippen LogP contribution in [0.2, 0.25) is 0 Å². The van der Waals surface area contributed by atoms with Crippen molar-refractivity contribution < 1.29 is 0 Å². The summed E-state index contributed by atoms with van der Waals surface area (Å²) in [7, 11) is 6.23. The van der Waals surface area contributed by atoms with Gasteiger partial charge in [-0.25, -0.2) is 0 Å². The molecule has 0 aliphatic carbocycles. The van der Waals surface area contributed by atoms with E-state index in [0.29, 0.717) is 6.04 Å². The molecular weight excluding hydrogens is 212 g/mol. The largest absolute Gasteiger partial charge is 0.310 e. The molecule has 1 unspecified atom stereocenters. The van der Waals surface area contributed by atoms with Crippen molar-refractivity contribution in [3.63, 3.8) is 0 Å². The van der Waals surface area contributed by atoms with E-state index >= 15 is 0 Å². The van der Waals surface area contributed by atoms with Gasteiger partial charge in [0.25, 0.3) is 0 Å². The van der Waals surface area contributed by atoms with Crippen molar-refractivity contribution in [2.75, 3.05) is 21.1 Å². The molecule has 0 radical (unpaired) electrons. The minimum Gasteiger partial charge on any atom is -0.310 e. The Morgan fingerprint density at radius 2 is 1.94 bits per heavy atom. The van der Waals surface area contributed by atoms with Crippen LogP contribution < -0.4 is 5.32 Å². The minimum absolute atomic E-state index is 0.0292. The molecule has 1 aromatic heterocycles. The Bertz CT molecular complexity index is 352. The molecule has 0 amide bonds. The van der Waals surface area contributed by atoms with Crippen LogP contribution in [-0.2, 0) is 0 Å². The predicted molar refractivity (Wildman–Crippen MR) is 72.2 cm³/mol. The zero-order valence-electron chi connectivity index (χ0n) is 12.2. The van der Waals surface area contributed by atoms with Gasteiger partial charge in [-0.1, -0.05) is 0 Å². The number of aromatic nitrogens is 2. The first-order valence-electron chi connectivity index (χ1n) is 6.20. The Kier molecular flexibility index (Phi) is 4.33. The van der Waals surface area contributed by atoms with Crippen LogP contribution in [0, 0.1) is 0 Å². The molecule has 1 heterocycles. The second-order valence-corrected chi connectivity index (χ2v) is 5.56. The van der Waals surface area contributed by atoms with E-state index in [1.54, 1.807) is 0 Å². The smallest absolute Gasteiger partial charge is 0.0671 e. The van der Waals surface area contributed by atoms with Crippen molar-refractivity contribution >= 4 is 0 Å². The van der Waals surface area contributed by atoms with E-state index in [0.717, 1.165) is 0 Å². The van der Waals surface area contributed by atoms with Crippen LogP contribution in [-0.4, -0.2) is 41.4 Å². The van der Waals surface area contributed by atoms with Gasteiger partial charge in [0.15, 0.2) is 0 Å². The minimum atomic E-state index is 0.0292. The maximum absolute atomic E-state index is 4.42. The number of likely N-dealkylation sites (N-methyl/N-ethyl adjacent to an activating group) is 2. The lowest BCUT2D eigenvalue weighted by atomic mass is 9.90. The first-order valence-corrected chi connectivity index (χ1v) is 6.20. The lowest BCUT2D eigenvalue weighted by Gasteiger charge is -2.40. The topological polar surface area (TPSA) is 33.1 Å². The van der Waals surface area contributed by atoms with E-state index in [2.05, 4.69) is 67.9 Å². The first kappa shape index (κ1) is 14.2. The van der Waals surface area contributed by atoms with Gasteiger partial charge in [-0.15, -0.1) is 0 Å². The SMILES string of the molecule is CNC(c1ccnn1C(C)C)C(C)(C)N(C)C. The summed E-state index contributed by atoms with van der Waals surface area (Å²) < 4.78 is 2.09. The fraction of sp³-hybridized carbons (Fsp3) is 0.769. The zero-order valence-corrected chi connectivity index (χ0v) is 12.2. The fourth-order valence-electron chi connectivity index (χ4n) is 2.11. The monoisotopic (exact) mass is 238 g/mol. The molecule has 0 aliphatic rings. The van der Waals surface area contributed by atoms with Gasteiger partial charge in [0.2, 0.25) is 0 Å². The average molecular weight is 238 g/mol. The van der Waals surface area contributed by atoms with Crippen LogP contribution in [0.1, 0.15) is 45.5 Å². The van der Waals surface area contributed by atoms with Gasteiger partial charge in [-0.3, -0.25) is 4.68 Å². The maximum atomic E-state index is 4.42. The second-order valence-electron chi connectivity index (χ2n) is 5.56. The summed E-state index contributed by atoms with van der Waals surface area (Å²) in [6, 6.07) is 2.74. The molecule has 0 aromatic carbocycles. The van der Waals surface area contributed by atoms with Gasteiger partial charge in [0, 0.05) is 17.8 Å².